The number of hydrogen-bond acceptors (Lipinski definition) is 3. The Hall–Kier alpha value is -1.06. The summed E-state index contributed by atoms with van der Waals surface area (Å²) in [5.41, 5.74) is 7.64. The van der Waals surface area contributed by atoms with Gasteiger partial charge in [0.1, 0.15) is 0 Å². The molecular formula is C28H33F3O3STe2. The molecule has 3 aromatic rings. The van der Waals surface area contributed by atoms with Gasteiger partial charge in [-0.3, -0.25) is 0 Å². The predicted molar refractivity (Wildman–Crippen MR) is 148 cm³/mol. The zero-order chi connectivity index (χ0) is 28.5. The molecule has 0 saturated carbocycles. The van der Waals surface area contributed by atoms with Crippen LogP contribution >= 0.6 is 0 Å². The van der Waals surface area contributed by atoms with Crippen molar-refractivity contribution < 1.29 is 26.1 Å². The molecular weight excluding hydrogens is 729 g/mol. The summed E-state index contributed by atoms with van der Waals surface area (Å²) in [5.74, 6) is 0. The van der Waals surface area contributed by atoms with Crippen LogP contribution in [0.1, 0.15) is 50.1 Å². The summed E-state index contributed by atoms with van der Waals surface area (Å²) in [6.07, 6.45) is 0. The van der Waals surface area contributed by atoms with Crippen molar-refractivity contribution in [3.63, 3.8) is 0 Å². The molecule has 0 unspecified atom stereocenters. The Balaban J connectivity index is 0.000000521. The molecule has 0 aliphatic heterocycles. The molecule has 37 heavy (non-hydrogen) atoms. The van der Waals surface area contributed by atoms with Crippen molar-refractivity contribution in [2.75, 3.05) is 0 Å². The zero-order valence-electron chi connectivity index (χ0n) is 22.5. The number of rotatable bonds is 4. The van der Waals surface area contributed by atoms with E-state index in [1.807, 2.05) is 0 Å². The Kier molecular flexibility index (Phi) is 10.8. The molecule has 3 rings (SSSR count). The smallest absolute Gasteiger partial charge is 0.485 e. The summed E-state index contributed by atoms with van der Waals surface area (Å²) >= 11 is -2.03. The van der Waals surface area contributed by atoms with E-state index >= 15 is 0 Å². The first-order valence-electron chi connectivity index (χ1n) is 11.5. The van der Waals surface area contributed by atoms with Gasteiger partial charge in [-0.2, -0.15) is 13.2 Å². The molecule has 0 fully saturated rings. The molecule has 9 heteroatoms. The summed E-state index contributed by atoms with van der Waals surface area (Å²) in [6, 6.07) is 14.4. The van der Waals surface area contributed by atoms with Crippen LogP contribution in [-0.2, 0) is 10.1 Å². The van der Waals surface area contributed by atoms with Gasteiger partial charge in [0.25, 0.3) is 0 Å². The number of benzene rings is 3. The SMILES string of the molecule is Cc1cc(C)c([Te][Te+](c2c(C)cc(C)cc2C)c2c(C)cc(C)cc2C)c(C)c1.O=S(=O)([O-])C(F)(F)F. The van der Waals surface area contributed by atoms with Crippen molar-refractivity contribution in [2.45, 2.75) is 67.8 Å². The standard InChI is InChI=1S/C27H33Te2.CHF3O3S/c1-16-10-19(4)25(20(5)11-16)28-29(26-21(6)12-17(2)13-22(26)7)27-23(8)14-18(3)15-24(27)9;2-1(3,4)8(5,6)7/h10-15H,1-9H3;(H,5,6,7)/q+1;/p-1. The Morgan fingerprint density at radius 2 is 0.865 bits per heavy atom. The Morgan fingerprint density at radius 3 is 1.11 bits per heavy atom. The zero-order valence-corrected chi connectivity index (χ0v) is 28.0. The maximum Gasteiger partial charge on any atom is 0.485 e. The van der Waals surface area contributed by atoms with Gasteiger partial charge in [-0.05, 0) is 0 Å². The Morgan fingerprint density at radius 1 is 0.622 bits per heavy atom. The molecule has 0 saturated heterocycles. The Bertz CT molecular complexity index is 1290. The van der Waals surface area contributed by atoms with E-state index in [9.17, 15) is 13.2 Å². The van der Waals surface area contributed by atoms with Gasteiger partial charge in [0.15, 0.2) is 10.1 Å². The summed E-state index contributed by atoms with van der Waals surface area (Å²) in [7, 11) is -6.09. The fraction of sp³-hybridized carbons (Fsp3) is 0.357. The van der Waals surface area contributed by atoms with Crippen LogP contribution in [0, 0.1) is 62.3 Å². The summed E-state index contributed by atoms with van der Waals surface area (Å²) in [5, 5.41) is 0. The van der Waals surface area contributed by atoms with Gasteiger partial charge in [-0.1, -0.05) is 0 Å². The molecule has 3 aromatic carbocycles. The third kappa shape index (κ3) is 8.21. The van der Waals surface area contributed by atoms with Gasteiger partial charge in [0.2, 0.25) is 0 Å². The normalized spacial score (nSPS) is 11.9. The first-order chi connectivity index (χ1) is 16.8. The second-order valence-corrected chi connectivity index (χ2v) is 25.9. The monoisotopic (exact) mass is 766 g/mol. The minimum absolute atomic E-state index is 0.304. The molecule has 0 aromatic heterocycles. The topological polar surface area (TPSA) is 57.2 Å². The van der Waals surface area contributed by atoms with Crippen molar-refractivity contribution in [1.82, 2.24) is 0 Å². The van der Waals surface area contributed by atoms with Gasteiger partial charge < -0.3 is 4.55 Å². The summed E-state index contributed by atoms with van der Waals surface area (Å²) < 4.78 is 64.1. The van der Waals surface area contributed by atoms with E-state index in [2.05, 4.69) is 98.7 Å². The van der Waals surface area contributed by atoms with E-state index in [0.29, 0.717) is 0 Å². The predicted octanol–water partition coefficient (Wildman–Crippen LogP) is 4.65. The largest absolute Gasteiger partial charge is 0.741 e. The molecule has 0 atom stereocenters. The van der Waals surface area contributed by atoms with Crippen LogP contribution in [-0.4, -0.2) is 51.2 Å². The number of aryl methyl sites for hydroxylation is 9. The molecule has 0 heterocycles. The van der Waals surface area contributed by atoms with Crippen LogP contribution in [0.15, 0.2) is 36.4 Å². The van der Waals surface area contributed by atoms with E-state index in [-0.39, 0.29) is 17.1 Å². The van der Waals surface area contributed by atoms with Crippen LogP contribution in [0.25, 0.3) is 0 Å². The number of alkyl halides is 3. The first-order valence-corrected chi connectivity index (χ1v) is 23.8. The molecule has 0 N–H and O–H groups in total. The van der Waals surface area contributed by atoms with E-state index in [4.69, 9.17) is 13.0 Å². The van der Waals surface area contributed by atoms with E-state index in [1.165, 1.54) is 50.1 Å². The van der Waals surface area contributed by atoms with E-state index in [0.717, 1.165) is 0 Å². The molecule has 0 aliphatic rings. The van der Waals surface area contributed by atoms with E-state index in [1.54, 1.807) is 10.8 Å². The summed E-state index contributed by atoms with van der Waals surface area (Å²) in [6.45, 7) is 20.8. The molecule has 0 amide bonds. The minimum Gasteiger partial charge on any atom is -0.741 e. The molecule has 0 radical (unpaired) electrons. The van der Waals surface area contributed by atoms with Crippen LogP contribution in [0.2, 0.25) is 0 Å². The van der Waals surface area contributed by atoms with Gasteiger partial charge >= 0.3 is 198 Å². The van der Waals surface area contributed by atoms with Crippen molar-refractivity contribution in [3.05, 3.63) is 86.5 Å². The fourth-order valence-corrected chi connectivity index (χ4v) is 32.6. The van der Waals surface area contributed by atoms with Gasteiger partial charge in [0, 0.05) is 0 Å². The minimum atomic E-state index is -6.09. The average Bonchev–Trinajstić information content (AvgIpc) is 2.67. The number of halogens is 3. The molecule has 0 bridgehead atoms. The van der Waals surface area contributed by atoms with Crippen molar-refractivity contribution in [2.24, 2.45) is 0 Å². The van der Waals surface area contributed by atoms with Crippen molar-refractivity contribution in [3.8, 4) is 0 Å². The third-order valence-electron chi connectivity index (χ3n) is 5.63. The van der Waals surface area contributed by atoms with Crippen LogP contribution in [0.3, 0.4) is 0 Å². The first kappa shape index (κ1) is 32.2. The maximum atomic E-state index is 10.7. The number of hydrogen-bond donors (Lipinski definition) is 0. The Labute approximate surface area is 232 Å². The van der Waals surface area contributed by atoms with Gasteiger partial charge in [-0.25, -0.2) is 8.42 Å². The van der Waals surface area contributed by atoms with Crippen LogP contribution < -0.4 is 10.8 Å². The maximum absolute atomic E-state index is 10.7. The summed E-state index contributed by atoms with van der Waals surface area (Å²) in [4.78, 5) is 0. The van der Waals surface area contributed by atoms with Gasteiger partial charge in [-0.15, -0.1) is 0 Å². The third-order valence-corrected chi connectivity index (χ3v) is 27.5. The van der Waals surface area contributed by atoms with Gasteiger partial charge in [0.05, 0.1) is 0 Å². The van der Waals surface area contributed by atoms with E-state index < -0.39 is 31.3 Å². The molecule has 202 valence electrons. The van der Waals surface area contributed by atoms with Crippen molar-refractivity contribution in [1.29, 1.82) is 0 Å². The van der Waals surface area contributed by atoms with Crippen molar-refractivity contribution >= 4 is 53.7 Å². The molecule has 0 aliphatic carbocycles. The van der Waals surface area contributed by atoms with Crippen LogP contribution in [0.5, 0.6) is 0 Å². The fourth-order valence-electron chi connectivity index (χ4n) is 4.49. The molecule has 3 nitrogen and oxygen atoms in total. The quantitative estimate of drug-likeness (QED) is 0.221. The average molecular weight is 762 g/mol. The second-order valence-electron chi connectivity index (χ2n) is 9.44. The van der Waals surface area contributed by atoms with Crippen LogP contribution in [0.4, 0.5) is 13.2 Å². The second kappa shape index (κ2) is 12.4. The molecule has 0 spiro atoms.